The summed E-state index contributed by atoms with van der Waals surface area (Å²) in [5.41, 5.74) is -0.287. The first kappa shape index (κ1) is 23.4. The predicted octanol–water partition coefficient (Wildman–Crippen LogP) is 6.76. The van der Waals surface area contributed by atoms with E-state index in [0.717, 1.165) is 22.8 Å². The molecule has 0 fully saturated rings. The maximum atomic E-state index is 13.4. The molecule has 0 spiro atoms. The molecule has 2 aromatic carbocycles. The van der Waals surface area contributed by atoms with Gasteiger partial charge in [0.2, 0.25) is 5.78 Å². The molecule has 5 nitrogen and oxygen atoms in total. The number of aromatic hydroxyl groups is 2. The maximum Gasteiger partial charge on any atom is 0.213 e. The van der Waals surface area contributed by atoms with Gasteiger partial charge in [0.25, 0.3) is 0 Å². The van der Waals surface area contributed by atoms with Crippen LogP contribution in [-0.4, -0.2) is 26.3 Å². The molecule has 1 aliphatic carbocycles. The van der Waals surface area contributed by atoms with Gasteiger partial charge >= 0.3 is 0 Å². The van der Waals surface area contributed by atoms with E-state index in [9.17, 15) is 24.2 Å². The fourth-order valence-corrected chi connectivity index (χ4v) is 4.41. The Kier molecular flexibility index (Phi) is 6.29. The van der Waals surface area contributed by atoms with E-state index < -0.39 is 23.1 Å². The van der Waals surface area contributed by atoms with Gasteiger partial charge in [-0.3, -0.25) is 14.2 Å². The molecule has 3 aromatic rings. The molecule has 4 rings (SSSR count). The minimum absolute atomic E-state index is 0.000681. The van der Waals surface area contributed by atoms with Crippen LogP contribution in [0.1, 0.15) is 32.8 Å². The van der Waals surface area contributed by atoms with Crippen LogP contribution < -0.4 is 0 Å². The van der Waals surface area contributed by atoms with Crippen molar-refractivity contribution < 1.29 is 24.2 Å². The van der Waals surface area contributed by atoms with Gasteiger partial charge < -0.3 is 10.2 Å². The number of phenolic OH excluding ortho intramolecular Hbond substituents is 2. The van der Waals surface area contributed by atoms with Gasteiger partial charge in [0.1, 0.15) is 22.5 Å². The van der Waals surface area contributed by atoms with E-state index in [2.05, 4.69) is 0 Å². The van der Waals surface area contributed by atoms with Gasteiger partial charge in [-0.05, 0) is 30.3 Å². The van der Waals surface area contributed by atoms with E-state index >= 15 is 0 Å². The van der Waals surface area contributed by atoms with Gasteiger partial charge in [-0.2, -0.15) is 0 Å². The number of halogens is 5. The van der Waals surface area contributed by atoms with E-state index in [1.807, 2.05) is 0 Å². The maximum absolute atomic E-state index is 13.4. The number of nitrogens with zero attached hydrogens (tertiary/aromatic N) is 1. The van der Waals surface area contributed by atoms with Crippen LogP contribution in [0, 0.1) is 5.82 Å². The SMILES string of the molecule is O=C(C1=C(n2c(C(=O)c3ccc(F)cc3O)cc(Cl)c2Cl)C(Cl)=C(Cl)C1)c1ccccc1O. The van der Waals surface area contributed by atoms with Crippen LogP contribution in [0.25, 0.3) is 5.70 Å². The Bertz CT molecular complexity index is 1410. The Hall–Kier alpha value is -2.77. The molecule has 0 aliphatic heterocycles. The molecule has 33 heavy (non-hydrogen) atoms. The van der Waals surface area contributed by atoms with Gasteiger partial charge in [-0.1, -0.05) is 58.5 Å². The van der Waals surface area contributed by atoms with Crippen molar-refractivity contribution in [2.24, 2.45) is 0 Å². The molecule has 1 heterocycles. The summed E-state index contributed by atoms with van der Waals surface area (Å²) in [6.07, 6.45) is -0.0789. The highest BCUT2D eigenvalue weighted by atomic mass is 35.5. The van der Waals surface area contributed by atoms with Crippen LogP contribution in [-0.2, 0) is 0 Å². The first-order valence-corrected chi connectivity index (χ1v) is 10.8. The number of hydrogen-bond acceptors (Lipinski definition) is 4. The molecule has 0 saturated carbocycles. The van der Waals surface area contributed by atoms with Crippen LogP contribution in [0.4, 0.5) is 4.39 Å². The van der Waals surface area contributed by atoms with Crippen LogP contribution in [0.15, 0.2) is 64.2 Å². The van der Waals surface area contributed by atoms with E-state index in [1.165, 1.54) is 18.2 Å². The topological polar surface area (TPSA) is 79.5 Å². The van der Waals surface area contributed by atoms with E-state index in [0.29, 0.717) is 0 Å². The summed E-state index contributed by atoms with van der Waals surface area (Å²) in [7, 11) is 0. The number of Topliss-reactive ketones (excluding diaryl/α,β-unsaturated/α-hetero) is 1. The zero-order chi connectivity index (χ0) is 24.0. The number of benzene rings is 2. The number of phenols is 2. The van der Waals surface area contributed by atoms with Crippen molar-refractivity contribution in [1.82, 2.24) is 4.57 Å². The Labute approximate surface area is 206 Å². The number of allylic oxidation sites excluding steroid dienone is 4. The Morgan fingerprint density at radius 2 is 1.55 bits per heavy atom. The number of carbonyl (C=O) groups excluding carboxylic acids is 2. The number of hydrogen-bond donors (Lipinski definition) is 2. The van der Waals surface area contributed by atoms with Crippen molar-refractivity contribution in [3.8, 4) is 11.5 Å². The Balaban J connectivity index is 1.95. The second kappa shape index (κ2) is 8.88. The molecule has 0 radical (unpaired) electrons. The lowest BCUT2D eigenvalue weighted by atomic mass is 10.0. The van der Waals surface area contributed by atoms with Crippen molar-refractivity contribution in [2.45, 2.75) is 6.42 Å². The molecule has 2 N–H and O–H groups in total. The van der Waals surface area contributed by atoms with Gasteiger partial charge in [0, 0.05) is 23.1 Å². The predicted molar refractivity (Wildman–Crippen MR) is 125 cm³/mol. The summed E-state index contributed by atoms with van der Waals surface area (Å²) < 4.78 is 14.6. The average Bonchev–Trinajstić information content (AvgIpc) is 3.22. The van der Waals surface area contributed by atoms with E-state index in [-0.39, 0.29) is 60.5 Å². The normalized spacial score (nSPS) is 13.7. The summed E-state index contributed by atoms with van der Waals surface area (Å²) in [6, 6.07) is 10.0. The second-order valence-corrected chi connectivity index (χ2v) is 8.66. The average molecular weight is 527 g/mol. The summed E-state index contributed by atoms with van der Waals surface area (Å²) >= 11 is 25.3. The van der Waals surface area contributed by atoms with Crippen LogP contribution in [0.5, 0.6) is 11.5 Å². The molecule has 0 amide bonds. The largest absolute Gasteiger partial charge is 0.507 e. The Morgan fingerprint density at radius 1 is 0.879 bits per heavy atom. The Morgan fingerprint density at radius 3 is 2.21 bits per heavy atom. The molecule has 1 aromatic heterocycles. The number of rotatable bonds is 5. The highest BCUT2D eigenvalue weighted by molar-refractivity contribution is 6.47. The van der Waals surface area contributed by atoms with Crippen molar-refractivity contribution in [1.29, 1.82) is 0 Å². The van der Waals surface area contributed by atoms with Crippen molar-refractivity contribution in [3.63, 3.8) is 0 Å². The minimum Gasteiger partial charge on any atom is -0.507 e. The second-order valence-electron chi connectivity index (χ2n) is 7.06. The number of carbonyl (C=O) groups is 2. The number of para-hydroxylation sites is 1. The smallest absolute Gasteiger partial charge is 0.213 e. The van der Waals surface area contributed by atoms with Gasteiger partial charge in [-0.25, -0.2) is 4.39 Å². The molecular weight excluding hydrogens is 515 g/mol. The zero-order valence-electron chi connectivity index (χ0n) is 16.4. The lowest BCUT2D eigenvalue weighted by Crippen LogP contribution is -2.13. The van der Waals surface area contributed by atoms with Gasteiger partial charge in [0.05, 0.1) is 32.6 Å². The first-order valence-electron chi connectivity index (χ1n) is 9.32. The molecule has 0 atom stereocenters. The molecule has 168 valence electrons. The monoisotopic (exact) mass is 525 g/mol. The third kappa shape index (κ3) is 4.04. The molecule has 10 heteroatoms. The van der Waals surface area contributed by atoms with Crippen LogP contribution in [0.2, 0.25) is 10.2 Å². The summed E-state index contributed by atoms with van der Waals surface area (Å²) in [6.45, 7) is 0. The highest BCUT2D eigenvalue weighted by Crippen LogP contribution is 2.45. The molecule has 0 bridgehead atoms. The molecular formula is C23H12Cl4FNO4. The lowest BCUT2D eigenvalue weighted by molar-refractivity contribution is 0.101. The quantitative estimate of drug-likeness (QED) is 0.360. The summed E-state index contributed by atoms with van der Waals surface area (Å²) in [5.74, 6) is -2.91. The number of aromatic nitrogens is 1. The minimum atomic E-state index is -0.754. The van der Waals surface area contributed by atoms with E-state index in [4.69, 9.17) is 46.4 Å². The first-order chi connectivity index (χ1) is 15.6. The zero-order valence-corrected chi connectivity index (χ0v) is 19.4. The van der Waals surface area contributed by atoms with E-state index in [1.54, 1.807) is 12.1 Å². The van der Waals surface area contributed by atoms with Crippen LogP contribution >= 0.6 is 46.4 Å². The summed E-state index contributed by atoms with van der Waals surface area (Å²) in [4.78, 5) is 26.5. The fourth-order valence-electron chi connectivity index (χ4n) is 3.50. The van der Waals surface area contributed by atoms with Gasteiger partial charge in [-0.15, -0.1) is 0 Å². The fraction of sp³-hybridized carbons (Fsp3) is 0.0435. The van der Waals surface area contributed by atoms with Gasteiger partial charge in [0.15, 0.2) is 5.78 Å². The van der Waals surface area contributed by atoms with Crippen molar-refractivity contribution >= 4 is 63.7 Å². The van der Waals surface area contributed by atoms with Crippen molar-refractivity contribution in [2.75, 3.05) is 0 Å². The number of ketones is 2. The van der Waals surface area contributed by atoms with Crippen LogP contribution in [0.3, 0.4) is 0 Å². The third-order valence-corrected chi connectivity index (χ3v) is 6.63. The lowest BCUT2D eigenvalue weighted by Gasteiger charge is -2.15. The van der Waals surface area contributed by atoms with Crippen molar-refractivity contribution in [3.05, 3.63) is 97.0 Å². The molecule has 0 unspecified atom stereocenters. The standard InChI is InChI=1S/C23H12Cl4FNO4/c24-14-8-13(21(32)11-3-1-2-4-17(11)30)20(19(14)26)29-16(9-15(25)23(29)27)22(33)12-6-5-10(28)7-18(12)31/h1-7,9,30-31H,8H2. The summed E-state index contributed by atoms with van der Waals surface area (Å²) in [5, 5.41) is 20.1. The molecule has 0 saturated heterocycles. The molecule has 1 aliphatic rings. The third-order valence-electron chi connectivity index (χ3n) is 5.05. The highest BCUT2D eigenvalue weighted by Gasteiger charge is 2.34.